The van der Waals surface area contributed by atoms with E-state index in [0.29, 0.717) is 35.5 Å². The van der Waals surface area contributed by atoms with E-state index in [9.17, 15) is 26.7 Å². The van der Waals surface area contributed by atoms with Crippen LogP contribution < -0.4 is 0 Å². The van der Waals surface area contributed by atoms with Gasteiger partial charge >= 0.3 is 0 Å². The SMILES string of the molecule is O=S(=O)(c1cc(-c2ncc(-c3ccc(F)c(C(F)F)c3)[nH]2)ccc1Cl)N1CCC(O)CC1. The topological polar surface area (TPSA) is 86.3 Å². The molecule has 11 heteroatoms. The summed E-state index contributed by atoms with van der Waals surface area (Å²) >= 11 is 6.19. The Kier molecular flexibility index (Phi) is 6.30. The second kappa shape index (κ2) is 8.86. The van der Waals surface area contributed by atoms with E-state index in [-0.39, 0.29) is 23.0 Å². The minimum Gasteiger partial charge on any atom is -0.393 e. The van der Waals surface area contributed by atoms with Crippen LogP contribution in [0.1, 0.15) is 24.8 Å². The van der Waals surface area contributed by atoms with Crippen molar-refractivity contribution in [2.75, 3.05) is 13.1 Å². The minimum atomic E-state index is -3.89. The molecule has 0 amide bonds. The highest BCUT2D eigenvalue weighted by molar-refractivity contribution is 7.89. The number of halogens is 4. The molecule has 4 rings (SSSR count). The van der Waals surface area contributed by atoms with Crippen molar-refractivity contribution in [1.29, 1.82) is 0 Å². The van der Waals surface area contributed by atoms with Crippen LogP contribution in [0, 0.1) is 5.82 Å². The third-order valence-corrected chi connectivity index (χ3v) is 7.74. The summed E-state index contributed by atoms with van der Waals surface area (Å²) in [5.74, 6) is -0.702. The summed E-state index contributed by atoms with van der Waals surface area (Å²) in [4.78, 5) is 7.08. The van der Waals surface area contributed by atoms with Crippen LogP contribution in [-0.4, -0.2) is 47.0 Å². The van der Waals surface area contributed by atoms with Crippen LogP contribution in [-0.2, 0) is 10.0 Å². The van der Waals surface area contributed by atoms with E-state index >= 15 is 0 Å². The van der Waals surface area contributed by atoms with Crippen molar-refractivity contribution in [1.82, 2.24) is 14.3 Å². The molecular weight excluding hydrogens is 467 g/mol. The quantitative estimate of drug-likeness (QED) is 0.552. The van der Waals surface area contributed by atoms with Gasteiger partial charge in [-0.3, -0.25) is 0 Å². The molecule has 0 radical (unpaired) electrons. The highest BCUT2D eigenvalue weighted by Gasteiger charge is 2.30. The van der Waals surface area contributed by atoms with Gasteiger partial charge in [-0.05, 0) is 49.2 Å². The summed E-state index contributed by atoms with van der Waals surface area (Å²) in [5.41, 5.74) is 0.387. The second-order valence-corrected chi connectivity index (χ2v) is 9.78. The predicted octanol–water partition coefficient (Wildman–Crippen LogP) is 4.62. The number of alkyl halides is 2. The lowest BCUT2D eigenvalue weighted by Gasteiger charge is -2.29. The number of H-pyrrole nitrogens is 1. The van der Waals surface area contributed by atoms with Crippen LogP contribution in [0.2, 0.25) is 5.02 Å². The number of benzene rings is 2. The number of imidazole rings is 1. The molecule has 0 aliphatic carbocycles. The van der Waals surface area contributed by atoms with E-state index in [2.05, 4.69) is 9.97 Å². The van der Waals surface area contributed by atoms with E-state index in [1.165, 1.54) is 28.7 Å². The van der Waals surface area contributed by atoms with Crippen molar-refractivity contribution in [3.8, 4) is 22.6 Å². The maximum Gasteiger partial charge on any atom is 0.266 e. The number of piperidine rings is 1. The van der Waals surface area contributed by atoms with Crippen LogP contribution in [0.25, 0.3) is 22.6 Å². The van der Waals surface area contributed by atoms with E-state index in [1.807, 2.05) is 0 Å². The molecule has 1 aromatic heterocycles. The van der Waals surface area contributed by atoms with Gasteiger partial charge in [0, 0.05) is 24.2 Å². The molecule has 0 unspecified atom stereocenters. The van der Waals surface area contributed by atoms with Gasteiger partial charge in [0.05, 0.1) is 28.6 Å². The van der Waals surface area contributed by atoms with Gasteiger partial charge in [0.1, 0.15) is 16.5 Å². The van der Waals surface area contributed by atoms with Crippen LogP contribution >= 0.6 is 11.6 Å². The first kappa shape index (κ1) is 22.8. The Labute approximate surface area is 187 Å². The van der Waals surface area contributed by atoms with Crippen LogP contribution in [0.4, 0.5) is 13.2 Å². The van der Waals surface area contributed by atoms with Gasteiger partial charge in [0.15, 0.2) is 0 Å². The fraction of sp³-hybridized carbons (Fsp3) is 0.286. The van der Waals surface area contributed by atoms with Crippen molar-refractivity contribution >= 4 is 21.6 Å². The summed E-state index contributed by atoms with van der Waals surface area (Å²) in [5, 5.41) is 9.70. The van der Waals surface area contributed by atoms with Crippen molar-refractivity contribution in [3.63, 3.8) is 0 Å². The summed E-state index contributed by atoms with van der Waals surface area (Å²) in [7, 11) is -3.89. The van der Waals surface area contributed by atoms with Gasteiger partial charge in [0.2, 0.25) is 10.0 Å². The number of aliphatic hydroxyl groups excluding tert-OH is 1. The van der Waals surface area contributed by atoms with Crippen LogP contribution in [0.5, 0.6) is 0 Å². The van der Waals surface area contributed by atoms with E-state index < -0.39 is 33.9 Å². The lowest BCUT2D eigenvalue weighted by molar-refractivity contribution is 0.113. The molecule has 0 bridgehead atoms. The molecule has 2 heterocycles. The predicted molar refractivity (Wildman–Crippen MR) is 113 cm³/mol. The van der Waals surface area contributed by atoms with Gasteiger partial charge in [-0.25, -0.2) is 26.6 Å². The molecule has 170 valence electrons. The summed E-state index contributed by atoms with van der Waals surface area (Å²) in [6.45, 7) is 0.373. The standard InChI is InChI=1S/C21H19ClF3N3O3S/c22-16-3-1-13(10-19(16)32(30,31)28-7-5-14(29)6-8-28)21-26-11-18(27-21)12-2-4-17(23)15(9-12)20(24)25/h1-4,9-11,14,20,29H,5-8H2,(H,26,27). The number of nitrogens with one attached hydrogen (secondary N) is 1. The Morgan fingerprint density at radius 3 is 2.50 bits per heavy atom. The largest absolute Gasteiger partial charge is 0.393 e. The van der Waals surface area contributed by atoms with Gasteiger partial charge < -0.3 is 10.1 Å². The molecule has 6 nitrogen and oxygen atoms in total. The van der Waals surface area contributed by atoms with Crippen molar-refractivity contribution in [3.05, 3.63) is 59.0 Å². The molecule has 3 aromatic rings. The number of aromatic amines is 1. The number of sulfonamides is 1. The van der Waals surface area contributed by atoms with Crippen molar-refractivity contribution < 1.29 is 26.7 Å². The van der Waals surface area contributed by atoms with Gasteiger partial charge in [0.25, 0.3) is 6.43 Å². The number of rotatable bonds is 5. The Bertz CT molecular complexity index is 1240. The minimum absolute atomic E-state index is 0.0479. The molecule has 0 saturated carbocycles. The summed E-state index contributed by atoms with van der Waals surface area (Å²) in [6, 6.07) is 7.76. The van der Waals surface area contributed by atoms with E-state index in [1.54, 1.807) is 6.07 Å². The van der Waals surface area contributed by atoms with E-state index in [0.717, 1.165) is 12.1 Å². The zero-order chi connectivity index (χ0) is 23.0. The molecule has 2 N–H and O–H groups in total. The number of hydrogen-bond acceptors (Lipinski definition) is 4. The van der Waals surface area contributed by atoms with Gasteiger partial charge in [-0.15, -0.1) is 0 Å². The first-order valence-corrected chi connectivity index (χ1v) is 11.6. The molecule has 2 aromatic carbocycles. The average molecular weight is 486 g/mol. The smallest absolute Gasteiger partial charge is 0.266 e. The van der Waals surface area contributed by atoms with Crippen LogP contribution in [0.15, 0.2) is 47.5 Å². The van der Waals surface area contributed by atoms with Gasteiger partial charge in [-0.1, -0.05) is 11.6 Å². The zero-order valence-corrected chi connectivity index (χ0v) is 18.2. The third-order valence-electron chi connectivity index (χ3n) is 5.36. The third kappa shape index (κ3) is 4.40. The Balaban J connectivity index is 1.67. The Hall–Kier alpha value is -2.40. The van der Waals surface area contributed by atoms with Crippen molar-refractivity contribution in [2.45, 2.75) is 30.3 Å². The number of aromatic nitrogens is 2. The first-order valence-electron chi connectivity index (χ1n) is 9.78. The van der Waals surface area contributed by atoms with Crippen LogP contribution in [0.3, 0.4) is 0 Å². The molecule has 1 aliphatic rings. The van der Waals surface area contributed by atoms with Crippen molar-refractivity contribution in [2.24, 2.45) is 0 Å². The zero-order valence-electron chi connectivity index (χ0n) is 16.6. The molecular formula is C21H19ClF3N3O3S. The highest BCUT2D eigenvalue weighted by Crippen LogP contribution is 2.32. The monoisotopic (exact) mass is 485 g/mol. The molecule has 0 spiro atoms. The number of nitrogens with zero attached hydrogens (tertiary/aromatic N) is 2. The fourth-order valence-electron chi connectivity index (χ4n) is 3.56. The normalized spacial score (nSPS) is 16.1. The highest BCUT2D eigenvalue weighted by atomic mass is 35.5. The second-order valence-electron chi connectivity index (χ2n) is 7.46. The average Bonchev–Trinajstić information content (AvgIpc) is 3.24. The number of hydrogen-bond donors (Lipinski definition) is 2. The first-order chi connectivity index (χ1) is 15.2. The van der Waals surface area contributed by atoms with E-state index in [4.69, 9.17) is 11.6 Å². The molecule has 1 saturated heterocycles. The Morgan fingerprint density at radius 1 is 1.12 bits per heavy atom. The Morgan fingerprint density at radius 2 is 1.81 bits per heavy atom. The number of aliphatic hydroxyl groups is 1. The summed E-state index contributed by atoms with van der Waals surface area (Å²) < 4.78 is 67.0. The lowest BCUT2D eigenvalue weighted by atomic mass is 10.1. The molecule has 32 heavy (non-hydrogen) atoms. The lowest BCUT2D eigenvalue weighted by Crippen LogP contribution is -2.40. The van der Waals surface area contributed by atoms with Gasteiger partial charge in [-0.2, -0.15) is 4.31 Å². The maximum atomic E-state index is 13.6. The summed E-state index contributed by atoms with van der Waals surface area (Å²) in [6.07, 6.45) is -1.40. The maximum absolute atomic E-state index is 13.6. The molecule has 1 fully saturated rings. The molecule has 0 atom stereocenters. The molecule has 1 aliphatic heterocycles. The fourth-order valence-corrected chi connectivity index (χ4v) is 5.53.